The van der Waals surface area contributed by atoms with Crippen molar-refractivity contribution in [2.24, 2.45) is 5.73 Å². The summed E-state index contributed by atoms with van der Waals surface area (Å²) in [6.07, 6.45) is 3.62. The van der Waals surface area contributed by atoms with E-state index in [9.17, 15) is 9.18 Å². The van der Waals surface area contributed by atoms with Crippen molar-refractivity contribution in [3.05, 3.63) is 34.6 Å². The van der Waals surface area contributed by atoms with E-state index < -0.39 is 5.82 Å². The maximum atomic E-state index is 12.9. The number of Topliss-reactive ketones (excluding diaryl/α,β-unsaturated/α-hetero) is 1. The molecule has 1 aliphatic carbocycles. The van der Waals surface area contributed by atoms with E-state index in [-0.39, 0.29) is 22.8 Å². The summed E-state index contributed by atoms with van der Waals surface area (Å²) in [6.45, 7) is 0. The van der Waals surface area contributed by atoms with Gasteiger partial charge < -0.3 is 5.73 Å². The minimum atomic E-state index is -0.461. The molecular formula is C13H15ClFNO. The van der Waals surface area contributed by atoms with Crippen LogP contribution in [-0.4, -0.2) is 11.3 Å². The van der Waals surface area contributed by atoms with E-state index in [0.717, 1.165) is 24.8 Å². The lowest BCUT2D eigenvalue weighted by molar-refractivity contribution is -0.120. The molecule has 17 heavy (non-hydrogen) atoms. The average Bonchev–Trinajstić information content (AvgIpc) is 2.21. The minimum Gasteiger partial charge on any atom is -0.325 e. The molecule has 1 saturated carbocycles. The second-order valence-corrected chi connectivity index (χ2v) is 5.26. The van der Waals surface area contributed by atoms with Crippen molar-refractivity contribution in [2.75, 3.05) is 0 Å². The van der Waals surface area contributed by atoms with Crippen LogP contribution in [0.3, 0.4) is 0 Å². The summed E-state index contributed by atoms with van der Waals surface area (Å²) < 4.78 is 12.9. The molecule has 0 aromatic heterocycles. The Bertz CT molecular complexity index is 443. The van der Waals surface area contributed by atoms with E-state index in [1.165, 1.54) is 12.1 Å². The van der Waals surface area contributed by atoms with Gasteiger partial charge in [0.25, 0.3) is 0 Å². The van der Waals surface area contributed by atoms with Gasteiger partial charge in [-0.25, -0.2) is 4.39 Å². The zero-order valence-corrected chi connectivity index (χ0v) is 10.3. The molecule has 0 unspecified atom stereocenters. The van der Waals surface area contributed by atoms with Crippen molar-refractivity contribution in [1.29, 1.82) is 0 Å². The van der Waals surface area contributed by atoms with E-state index in [1.807, 2.05) is 0 Å². The predicted molar refractivity (Wildman–Crippen MR) is 65.5 cm³/mol. The largest absolute Gasteiger partial charge is 0.325 e. The minimum absolute atomic E-state index is 0.0569. The number of carbonyl (C=O) groups excluding carboxylic acids is 1. The average molecular weight is 256 g/mol. The highest BCUT2D eigenvalue weighted by Crippen LogP contribution is 2.32. The van der Waals surface area contributed by atoms with Crippen molar-refractivity contribution >= 4 is 17.4 Å². The quantitative estimate of drug-likeness (QED) is 0.899. The molecule has 1 fully saturated rings. The van der Waals surface area contributed by atoms with Gasteiger partial charge in [-0.2, -0.15) is 0 Å². The van der Waals surface area contributed by atoms with E-state index in [4.69, 9.17) is 17.3 Å². The van der Waals surface area contributed by atoms with Crippen LogP contribution in [0.2, 0.25) is 5.02 Å². The molecule has 0 bridgehead atoms. The Labute approximate surface area is 105 Å². The van der Waals surface area contributed by atoms with Gasteiger partial charge in [-0.05, 0) is 37.0 Å². The van der Waals surface area contributed by atoms with E-state index >= 15 is 0 Å². The summed E-state index contributed by atoms with van der Waals surface area (Å²) in [5, 5.41) is 0.0569. The van der Waals surface area contributed by atoms with Crippen molar-refractivity contribution in [3.63, 3.8) is 0 Å². The smallest absolute Gasteiger partial charge is 0.141 e. The Balaban J connectivity index is 1.95. The standard InChI is InChI=1S/C13H15ClFNO/c14-11-7-9(2-3-12(11)15)6-10(17)8-13(16)4-1-5-13/h2-3,7H,1,4-6,8,16H2. The van der Waals surface area contributed by atoms with E-state index in [1.54, 1.807) is 6.07 Å². The highest BCUT2D eigenvalue weighted by Gasteiger charge is 2.34. The molecule has 0 heterocycles. The molecule has 2 rings (SSSR count). The molecule has 2 nitrogen and oxygen atoms in total. The Hall–Kier alpha value is -0.930. The second-order valence-electron chi connectivity index (χ2n) is 4.86. The second kappa shape index (κ2) is 4.75. The normalized spacial score (nSPS) is 17.6. The molecule has 1 aliphatic rings. The molecule has 2 N–H and O–H groups in total. The SMILES string of the molecule is NC1(CC(=O)Cc2ccc(F)c(Cl)c2)CCC1. The molecule has 1 aromatic rings. The molecule has 0 atom stereocenters. The highest BCUT2D eigenvalue weighted by atomic mass is 35.5. The van der Waals surface area contributed by atoms with Gasteiger partial charge in [0.1, 0.15) is 11.6 Å². The van der Waals surface area contributed by atoms with E-state index in [0.29, 0.717) is 6.42 Å². The van der Waals surface area contributed by atoms with Crippen molar-refractivity contribution in [1.82, 2.24) is 0 Å². The first-order valence-electron chi connectivity index (χ1n) is 5.73. The third kappa shape index (κ3) is 3.05. The van der Waals surface area contributed by atoms with Crippen LogP contribution in [0.1, 0.15) is 31.2 Å². The number of hydrogen-bond donors (Lipinski definition) is 1. The van der Waals surface area contributed by atoms with Crippen LogP contribution >= 0.6 is 11.6 Å². The van der Waals surface area contributed by atoms with Gasteiger partial charge in [0, 0.05) is 18.4 Å². The third-order valence-corrected chi connectivity index (χ3v) is 3.57. The first kappa shape index (κ1) is 12.5. The van der Waals surface area contributed by atoms with Crippen molar-refractivity contribution in [2.45, 2.75) is 37.6 Å². The number of halogens is 2. The predicted octanol–water partition coefficient (Wildman–Crippen LogP) is 2.86. The van der Waals surface area contributed by atoms with Crippen LogP contribution in [-0.2, 0) is 11.2 Å². The number of carbonyl (C=O) groups is 1. The Kier molecular flexibility index (Phi) is 3.50. The molecule has 0 amide bonds. The van der Waals surface area contributed by atoms with Crippen LogP contribution in [0, 0.1) is 5.82 Å². The van der Waals surface area contributed by atoms with Crippen LogP contribution < -0.4 is 5.73 Å². The van der Waals surface area contributed by atoms with Gasteiger partial charge in [0.2, 0.25) is 0 Å². The molecule has 0 aliphatic heterocycles. The van der Waals surface area contributed by atoms with Crippen LogP contribution in [0.5, 0.6) is 0 Å². The van der Waals surface area contributed by atoms with Gasteiger partial charge in [-0.3, -0.25) is 4.79 Å². The Morgan fingerprint density at radius 1 is 1.47 bits per heavy atom. The molecule has 4 heteroatoms. The maximum Gasteiger partial charge on any atom is 0.141 e. The zero-order valence-electron chi connectivity index (χ0n) is 9.51. The number of benzene rings is 1. The summed E-state index contributed by atoms with van der Waals surface area (Å²) in [5.74, 6) is -0.368. The van der Waals surface area contributed by atoms with E-state index in [2.05, 4.69) is 0 Å². The first-order chi connectivity index (χ1) is 7.98. The summed E-state index contributed by atoms with van der Waals surface area (Å²) in [7, 11) is 0. The summed E-state index contributed by atoms with van der Waals surface area (Å²) in [6, 6.07) is 4.37. The molecule has 0 spiro atoms. The monoisotopic (exact) mass is 255 g/mol. The number of rotatable bonds is 4. The fourth-order valence-electron chi connectivity index (χ4n) is 2.14. The molecule has 1 aromatic carbocycles. The summed E-state index contributed by atoms with van der Waals surface area (Å²) in [5.41, 5.74) is 6.45. The van der Waals surface area contributed by atoms with Gasteiger partial charge in [0.15, 0.2) is 0 Å². The van der Waals surface area contributed by atoms with Gasteiger partial charge >= 0.3 is 0 Å². The zero-order chi connectivity index (χ0) is 12.5. The fourth-order valence-corrected chi connectivity index (χ4v) is 2.34. The van der Waals surface area contributed by atoms with Crippen LogP contribution in [0.4, 0.5) is 4.39 Å². The number of hydrogen-bond acceptors (Lipinski definition) is 2. The summed E-state index contributed by atoms with van der Waals surface area (Å²) >= 11 is 5.66. The van der Waals surface area contributed by atoms with Crippen molar-refractivity contribution < 1.29 is 9.18 Å². The Morgan fingerprint density at radius 2 is 2.18 bits per heavy atom. The Morgan fingerprint density at radius 3 is 2.71 bits per heavy atom. The molecule has 92 valence electrons. The first-order valence-corrected chi connectivity index (χ1v) is 6.11. The van der Waals surface area contributed by atoms with Crippen LogP contribution in [0.15, 0.2) is 18.2 Å². The van der Waals surface area contributed by atoms with Crippen molar-refractivity contribution in [3.8, 4) is 0 Å². The highest BCUT2D eigenvalue weighted by molar-refractivity contribution is 6.30. The molecule has 0 saturated heterocycles. The fraction of sp³-hybridized carbons (Fsp3) is 0.462. The third-order valence-electron chi connectivity index (χ3n) is 3.28. The van der Waals surface area contributed by atoms with Crippen LogP contribution in [0.25, 0.3) is 0 Å². The van der Waals surface area contributed by atoms with Gasteiger partial charge in [-0.1, -0.05) is 17.7 Å². The van der Waals surface area contributed by atoms with Gasteiger partial charge in [0.05, 0.1) is 5.02 Å². The summed E-state index contributed by atoms with van der Waals surface area (Å²) in [4.78, 5) is 11.8. The number of nitrogens with two attached hydrogens (primary N) is 1. The molecule has 0 radical (unpaired) electrons. The molecular weight excluding hydrogens is 241 g/mol. The lowest BCUT2D eigenvalue weighted by atomic mass is 9.74. The maximum absolute atomic E-state index is 12.9. The lowest BCUT2D eigenvalue weighted by Crippen LogP contribution is -2.48. The topological polar surface area (TPSA) is 43.1 Å². The number of ketones is 1. The lowest BCUT2D eigenvalue weighted by Gasteiger charge is -2.37. The van der Waals surface area contributed by atoms with Gasteiger partial charge in [-0.15, -0.1) is 0 Å².